The van der Waals surface area contributed by atoms with E-state index in [4.69, 9.17) is 16.2 Å². The molecule has 0 aromatic rings. The van der Waals surface area contributed by atoms with Crippen molar-refractivity contribution in [3.63, 3.8) is 0 Å². The molecule has 0 radical (unpaired) electrons. The Morgan fingerprint density at radius 1 is 1.27 bits per heavy atom. The topological polar surface area (TPSA) is 64.5 Å². The van der Waals surface area contributed by atoms with Gasteiger partial charge < -0.3 is 16.2 Å². The van der Waals surface area contributed by atoms with Crippen LogP contribution in [0.2, 0.25) is 0 Å². The van der Waals surface area contributed by atoms with Gasteiger partial charge >= 0.3 is 0 Å². The van der Waals surface area contributed by atoms with Gasteiger partial charge in [-0.25, -0.2) is 0 Å². The van der Waals surface area contributed by atoms with Gasteiger partial charge in [-0.2, -0.15) is 0 Å². The first-order chi connectivity index (χ1) is 4.79. The summed E-state index contributed by atoms with van der Waals surface area (Å²) in [6.45, 7) is 4.33. The van der Waals surface area contributed by atoms with Gasteiger partial charge in [-0.1, -0.05) is 0 Å². The third kappa shape index (κ3) is 4.55. The molecule has 5 heteroatoms. The van der Waals surface area contributed by atoms with Crippen LogP contribution in [0.4, 0.5) is 0 Å². The quantitative estimate of drug-likeness (QED) is 0.536. The number of rotatable bonds is 2. The van der Waals surface area contributed by atoms with Crippen molar-refractivity contribution in [2.24, 2.45) is 11.5 Å². The molecule has 68 valence electrons. The van der Waals surface area contributed by atoms with Crippen LogP contribution < -0.4 is 11.5 Å². The minimum absolute atomic E-state index is 0. The summed E-state index contributed by atoms with van der Waals surface area (Å²) in [5.74, 6) is 0. The van der Waals surface area contributed by atoms with Crippen molar-refractivity contribution in [3.8, 4) is 0 Å². The average Bonchev–Trinajstić information content (AvgIpc) is 1.88. The fourth-order valence-corrected chi connectivity index (χ4v) is 1.08. The molecule has 0 atom stereocenters. The summed E-state index contributed by atoms with van der Waals surface area (Å²) in [7, 11) is 0. The second-order valence-corrected chi connectivity index (χ2v) is 2.58. The highest BCUT2D eigenvalue weighted by molar-refractivity contribution is 5.85. The van der Waals surface area contributed by atoms with Crippen molar-refractivity contribution in [3.05, 3.63) is 0 Å². The van der Waals surface area contributed by atoms with Crippen molar-refractivity contribution < 1.29 is 4.74 Å². The molecule has 4 N–H and O–H groups in total. The van der Waals surface area contributed by atoms with Crippen LogP contribution >= 0.6 is 12.4 Å². The summed E-state index contributed by atoms with van der Waals surface area (Å²) >= 11 is 0. The first-order valence-electron chi connectivity index (χ1n) is 3.60. The molecule has 0 aromatic heterocycles. The van der Waals surface area contributed by atoms with Crippen LogP contribution in [0.25, 0.3) is 0 Å². The minimum atomic E-state index is -0.210. The van der Waals surface area contributed by atoms with Crippen LogP contribution in [0.5, 0.6) is 0 Å². The number of nitrogens with zero attached hydrogens (tertiary/aromatic N) is 1. The van der Waals surface area contributed by atoms with Gasteiger partial charge in [0, 0.05) is 19.6 Å². The number of morpholine rings is 1. The van der Waals surface area contributed by atoms with Gasteiger partial charge in [0.25, 0.3) is 0 Å². The van der Waals surface area contributed by atoms with Crippen LogP contribution in [0, 0.1) is 0 Å². The smallest absolute Gasteiger partial charge is 0.0652 e. The lowest BCUT2D eigenvalue weighted by atomic mass is 10.4. The SMILES string of the molecule is Cl.NC(N)CN1CCOCC1. The standard InChI is InChI=1S/C6H15N3O.ClH/c7-6(8)5-9-1-3-10-4-2-9;/h6H,1-5,7-8H2;1H. The van der Waals surface area contributed by atoms with E-state index in [1.165, 1.54) is 0 Å². The van der Waals surface area contributed by atoms with Gasteiger partial charge in [-0.05, 0) is 0 Å². The lowest BCUT2D eigenvalue weighted by molar-refractivity contribution is 0.0356. The third-order valence-electron chi connectivity index (χ3n) is 1.57. The molecule has 4 nitrogen and oxygen atoms in total. The Morgan fingerprint density at radius 3 is 2.27 bits per heavy atom. The predicted molar refractivity (Wildman–Crippen MR) is 46.7 cm³/mol. The molecule has 0 bridgehead atoms. The second kappa shape index (κ2) is 5.74. The molecule has 1 heterocycles. The Labute approximate surface area is 73.3 Å². The Bertz CT molecular complexity index is 95.8. The van der Waals surface area contributed by atoms with E-state index in [1.54, 1.807) is 0 Å². The summed E-state index contributed by atoms with van der Waals surface area (Å²) in [6.07, 6.45) is -0.210. The van der Waals surface area contributed by atoms with E-state index in [2.05, 4.69) is 4.90 Å². The van der Waals surface area contributed by atoms with Gasteiger partial charge in [0.05, 0.1) is 19.4 Å². The van der Waals surface area contributed by atoms with Crippen LogP contribution in [0.1, 0.15) is 0 Å². The molecule has 0 spiro atoms. The summed E-state index contributed by atoms with van der Waals surface area (Å²) in [4.78, 5) is 2.22. The average molecular weight is 182 g/mol. The molecule has 11 heavy (non-hydrogen) atoms. The van der Waals surface area contributed by atoms with Crippen molar-refractivity contribution in [2.75, 3.05) is 32.8 Å². The second-order valence-electron chi connectivity index (χ2n) is 2.58. The van der Waals surface area contributed by atoms with Gasteiger partial charge in [0.15, 0.2) is 0 Å². The highest BCUT2D eigenvalue weighted by Crippen LogP contribution is 1.94. The molecule has 0 aromatic carbocycles. The highest BCUT2D eigenvalue weighted by Gasteiger charge is 2.10. The zero-order valence-corrected chi connectivity index (χ0v) is 7.35. The highest BCUT2D eigenvalue weighted by atomic mass is 35.5. The fraction of sp³-hybridized carbons (Fsp3) is 1.00. The van der Waals surface area contributed by atoms with Gasteiger partial charge in [0.2, 0.25) is 0 Å². The third-order valence-corrected chi connectivity index (χ3v) is 1.57. The lowest BCUT2D eigenvalue weighted by Gasteiger charge is -2.27. The molecule has 1 rings (SSSR count). The molecule has 0 amide bonds. The lowest BCUT2D eigenvalue weighted by Crippen LogP contribution is -2.47. The normalized spacial score (nSPS) is 19.9. The van der Waals surface area contributed by atoms with E-state index in [9.17, 15) is 0 Å². The summed E-state index contributed by atoms with van der Waals surface area (Å²) in [6, 6.07) is 0. The molecule has 0 unspecified atom stereocenters. The first-order valence-corrected chi connectivity index (χ1v) is 3.60. The van der Waals surface area contributed by atoms with Crippen LogP contribution in [0.3, 0.4) is 0 Å². The molecule has 0 saturated carbocycles. The predicted octanol–water partition coefficient (Wildman–Crippen LogP) is -1.02. The zero-order chi connectivity index (χ0) is 7.40. The molecule has 0 aliphatic carbocycles. The van der Waals surface area contributed by atoms with Gasteiger partial charge in [-0.3, -0.25) is 4.90 Å². The molecule has 1 aliphatic heterocycles. The number of ether oxygens (including phenoxy) is 1. The number of nitrogens with two attached hydrogens (primary N) is 2. The largest absolute Gasteiger partial charge is 0.379 e. The maximum atomic E-state index is 5.42. The monoisotopic (exact) mass is 181 g/mol. The van der Waals surface area contributed by atoms with E-state index in [-0.39, 0.29) is 18.6 Å². The van der Waals surface area contributed by atoms with E-state index >= 15 is 0 Å². The van der Waals surface area contributed by atoms with E-state index in [0.29, 0.717) is 0 Å². The number of halogens is 1. The van der Waals surface area contributed by atoms with Gasteiger partial charge in [-0.15, -0.1) is 12.4 Å². The maximum Gasteiger partial charge on any atom is 0.0652 e. The van der Waals surface area contributed by atoms with Crippen LogP contribution in [-0.2, 0) is 4.74 Å². The molecule has 1 fully saturated rings. The Hall–Kier alpha value is 0.130. The first kappa shape index (κ1) is 11.1. The maximum absolute atomic E-state index is 5.42. The summed E-state index contributed by atoms with van der Waals surface area (Å²) in [5, 5.41) is 0. The minimum Gasteiger partial charge on any atom is -0.379 e. The fourth-order valence-electron chi connectivity index (χ4n) is 1.08. The Morgan fingerprint density at radius 2 is 1.82 bits per heavy atom. The number of hydrogen-bond acceptors (Lipinski definition) is 4. The van der Waals surface area contributed by atoms with Crippen molar-refractivity contribution in [2.45, 2.75) is 6.17 Å². The van der Waals surface area contributed by atoms with Crippen molar-refractivity contribution >= 4 is 12.4 Å². The van der Waals surface area contributed by atoms with E-state index in [0.717, 1.165) is 32.8 Å². The van der Waals surface area contributed by atoms with Crippen molar-refractivity contribution in [1.29, 1.82) is 0 Å². The molecule has 1 aliphatic rings. The van der Waals surface area contributed by atoms with Crippen LogP contribution in [-0.4, -0.2) is 43.9 Å². The zero-order valence-electron chi connectivity index (χ0n) is 6.53. The molecular formula is C6H16ClN3O. The van der Waals surface area contributed by atoms with Crippen LogP contribution in [0.15, 0.2) is 0 Å². The molecular weight excluding hydrogens is 166 g/mol. The summed E-state index contributed by atoms with van der Waals surface area (Å²) in [5.41, 5.74) is 10.8. The van der Waals surface area contributed by atoms with Crippen molar-refractivity contribution in [1.82, 2.24) is 4.90 Å². The number of hydrogen-bond donors (Lipinski definition) is 2. The molecule has 1 saturated heterocycles. The Kier molecular flexibility index (Phi) is 5.81. The Balaban J connectivity index is 0.000001000. The van der Waals surface area contributed by atoms with Gasteiger partial charge in [0.1, 0.15) is 0 Å². The summed E-state index contributed by atoms with van der Waals surface area (Å²) < 4.78 is 5.16. The van der Waals surface area contributed by atoms with E-state index < -0.39 is 0 Å². The van der Waals surface area contributed by atoms with E-state index in [1.807, 2.05) is 0 Å².